The number of ether oxygens (including phenoxy) is 2. The van der Waals surface area contributed by atoms with Crippen molar-refractivity contribution in [2.75, 3.05) is 19.8 Å². The van der Waals surface area contributed by atoms with Crippen LogP contribution >= 0.6 is 0 Å². The number of aliphatic hydroxyl groups excluding tert-OH is 6. The normalized spacial score (nSPS) is 25.9. The highest BCUT2D eigenvalue weighted by molar-refractivity contribution is 5.30. The smallest absolute Gasteiger partial charge is 0.139 e. The maximum Gasteiger partial charge on any atom is 0.139 e. The lowest BCUT2D eigenvalue weighted by atomic mass is 9.91. The number of aliphatic hydroxyl groups is 6. The van der Waals surface area contributed by atoms with Gasteiger partial charge in [-0.2, -0.15) is 0 Å². The zero-order valence-electron chi connectivity index (χ0n) is 14.4. The van der Waals surface area contributed by atoms with Crippen molar-refractivity contribution < 1.29 is 40.1 Å². The Balaban J connectivity index is 2.98. The average Bonchev–Trinajstić information content (AvgIpc) is 2.59. The second-order valence-electron chi connectivity index (χ2n) is 5.74. The Morgan fingerprint density at radius 2 is 1.88 bits per heavy atom. The molecule has 1 aliphatic rings. The van der Waals surface area contributed by atoms with E-state index in [-0.39, 0.29) is 6.42 Å². The molecule has 0 aliphatic heterocycles. The zero-order chi connectivity index (χ0) is 19.0. The summed E-state index contributed by atoms with van der Waals surface area (Å²) in [5.74, 6) is 0.000754. The molecule has 0 radical (unpaired) electrons. The fourth-order valence-electron chi connectivity index (χ4n) is 2.53. The first kappa shape index (κ1) is 21.6. The molecule has 0 fully saturated rings. The summed E-state index contributed by atoms with van der Waals surface area (Å²) in [6.07, 6.45) is -0.618. The van der Waals surface area contributed by atoms with Crippen LogP contribution < -0.4 is 0 Å². The maximum atomic E-state index is 10.2. The van der Waals surface area contributed by atoms with E-state index in [2.05, 4.69) is 0 Å². The van der Waals surface area contributed by atoms with Gasteiger partial charge in [0.25, 0.3) is 0 Å². The summed E-state index contributed by atoms with van der Waals surface area (Å²) in [6, 6.07) is 0. The summed E-state index contributed by atoms with van der Waals surface area (Å²) in [5, 5.41) is 57.9. The second-order valence-corrected chi connectivity index (χ2v) is 5.74. The predicted molar refractivity (Wildman–Crippen MR) is 89.6 cm³/mol. The minimum atomic E-state index is -1.90. The molecule has 8 heteroatoms. The van der Waals surface area contributed by atoms with Crippen LogP contribution in [0.2, 0.25) is 0 Å². The van der Waals surface area contributed by atoms with Gasteiger partial charge in [0, 0.05) is 13.0 Å². The van der Waals surface area contributed by atoms with Gasteiger partial charge in [-0.25, -0.2) is 0 Å². The van der Waals surface area contributed by atoms with Gasteiger partial charge in [0.15, 0.2) is 0 Å². The minimum absolute atomic E-state index is 0.278. The Kier molecular flexibility index (Phi) is 8.57. The van der Waals surface area contributed by atoms with E-state index in [1.165, 1.54) is 6.08 Å². The van der Waals surface area contributed by atoms with Gasteiger partial charge in [-0.3, -0.25) is 0 Å². The summed E-state index contributed by atoms with van der Waals surface area (Å²) in [5.41, 5.74) is -1.08. The molecular formula is C17H28O8. The molecule has 0 aromatic rings. The molecule has 0 aromatic carbocycles. The number of hydrogen-bond donors (Lipinski definition) is 6. The van der Waals surface area contributed by atoms with Crippen LogP contribution in [0, 0.1) is 0 Å². The molecule has 0 heterocycles. The molecule has 0 saturated carbocycles. The Labute approximate surface area is 146 Å². The molecule has 25 heavy (non-hydrogen) atoms. The number of allylic oxidation sites excluding steroid dienone is 2. The molecule has 0 amide bonds. The van der Waals surface area contributed by atoms with Crippen LogP contribution in [0.4, 0.5) is 0 Å². The lowest BCUT2D eigenvalue weighted by Crippen LogP contribution is -2.47. The van der Waals surface area contributed by atoms with Crippen LogP contribution in [-0.2, 0) is 9.47 Å². The lowest BCUT2D eigenvalue weighted by Gasteiger charge is -2.32. The largest absolute Gasteiger partial charge is 0.510 e. The maximum absolute atomic E-state index is 10.2. The van der Waals surface area contributed by atoms with Crippen molar-refractivity contribution >= 4 is 0 Å². The van der Waals surface area contributed by atoms with Crippen molar-refractivity contribution in [2.24, 2.45) is 0 Å². The minimum Gasteiger partial charge on any atom is -0.510 e. The van der Waals surface area contributed by atoms with Crippen molar-refractivity contribution in [1.82, 2.24) is 0 Å². The van der Waals surface area contributed by atoms with Crippen LogP contribution in [0.3, 0.4) is 0 Å². The average molecular weight is 360 g/mol. The van der Waals surface area contributed by atoms with Gasteiger partial charge in [-0.15, -0.1) is 0 Å². The van der Waals surface area contributed by atoms with Crippen molar-refractivity contribution in [1.29, 1.82) is 0 Å². The SMILES string of the molecule is CCOC1=CC=CC(C=C(O)[C@H](O)[C@@H](O)[C@H](O)[C@H](O)CO)(OCC)C1. The quantitative estimate of drug-likeness (QED) is 0.287. The molecule has 0 saturated heterocycles. The van der Waals surface area contributed by atoms with Crippen molar-refractivity contribution in [3.05, 3.63) is 35.8 Å². The Morgan fingerprint density at radius 3 is 2.44 bits per heavy atom. The third kappa shape index (κ3) is 5.81. The van der Waals surface area contributed by atoms with Gasteiger partial charge in [0.1, 0.15) is 35.8 Å². The Bertz CT molecular complexity index is 501. The van der Waals surface area contributed by atoms with Gasteiger partial charge >= 0.3 is 0 Å². The molecule has 0 spiro atoms. The standard InChI is InChI=1S/C17H28O8/c1-3-24-11-6-5-7-17(8-11,25-4-2)9-12(19)14(21)16(23)15(22)13(20)10-18/h5-7,9,13-16,18-23H,3-4,8,10H2,1-2H3/t13-,14+,15-,16-,17?/m1/s1. The van der Waals surface area contributed by atoms with Crippen molar-refractivity contribution in [3.8, 4) is 0 Å². The highest BCUT2D eigenvalue weighted by Crippen LogP contribution is 2.31. The van der Waals surface area contributed by atoms with E-state index in [1.807, 2.05) is 6.92 Å². The van der Waals surface area contributed by atoms with E-state index in [1.54, 1.807) is 25.2 Å². The molecular weight excluding hydrogens is 332 g/mol. The van der Waals surface area contributed by atoms with E-state index in [0.29, 0.717) is 19.0 Å². The van der Waals surface area contributed by atoms with Crippen LogP contribution in [0.5, 0.6) is 0 Å². The monoisotopic (exact) mass is 360 g/mol. The highest BCUT2D eigenvalue weighted by Gasteiger charge is 2.36. The van der Waals surface area contributed by atoms with E-state index >= 15 is 0 Å². The summed E-state index contributed by atoms with van der Waals surface area (Å²) >= 11 is 0. The molecule has 144 valence electrons. The third-order valence-electron chi connectivity index (χ3n) is 3.80. The summed E-state index contributed by atoms with van der Waals surface area (Å²) in [6.45, 7) is 3.58. The molecule has 5 atom stereocenters. The number of hydrogen-bond acceptors (Lipinski definition) is 8. The van der Waals surface area contributed by atoms with Gasteiger partial charge in [-0.05, 0) is 32.1 Å². The van der Waals surface area contributed by atoms with Crippen LogP contribution in [0.15, 0.2) is 35.8 Å². The number of rotatable bonds is 10. The van der Waals surface area contributed by atoms with Gasteiger partial charge in [-0.1, -0.05) is 6.08 Å². The molecule has 1 aliphatic carbocycles. The summed E-state index contributed by atoms with van der Waals surface area (Å²) in [7, 11) is 0. The van der Waals surface area contributed by atoms with Crippen LogP contribution in [0.25, 0.3) is 0 Å². The zero-order valence-corrected chi connectivity index (χ0v) is 14.4. The highest BCUT2D eigenvalue weighted by atomic mass is 16.5. The summed E-state index contributed by atoms with van der Waals surface area (Å²) < 4.78 is 11.2. The van der Waals surface area contributed by atoms with Gasteiger partial charge in [0.2, 0.25) is 0 Å². The molecule has 1 unspecified atom stereocenters. The van der Waals surface area contributed by atoms with Crippen molar-refractivity contribution in [3.63, 3.8) is 0 Å². The fourth-order valence-corrected chi connectivity index (χ4v) is 2.53. The first-order valence-corrected chi connectivity index (χ1v) is 8.20. The Morgan fingerprint density at radius 1 is 1.20 bits per heavy atom. The van der Waals surface area contributed by atoms with Gasteiger partial charge in [0.05, 0.1) is 19.0 Å². The van der Waals surface area contributed by atoms with E-state index in [4.69, 9.17) is 14.6 Å². The van der Waals surface area contributed by atoms with Crippen LogP contribution in [-0.4, -0.2) is 80.5 Å². The lowest BCUT2D eigenvalue weighted by molar-refractivity contribution is -0.113. The van der Waals surface area contributed by atoms with E-state index in [9.17, 15) is 25.5 Å². The van der Waals surface area contributed by atoms with Gasteiger partial charge < -0.3 is 40.1 Å². The summed E-state index contributed by atoms with van der Waals surface area (Å²) in [4.78, 5) is 0. The third-order valence-corrected chi connectivity index (χ3v) is 3.80. The fraction of sp³-hybridized carbons (Fsp3) is 0.647. The second kappa shape index (κ2) is 9.91. The molecule has 6 N–H and O–H groups in total. The molecule has 0 aromatic heterocycles. The predicted octanol–water partition coefficient (Wildman–Crippen LogP) is -0.480. The van der Waals surface area contributed by atoms with E-state index in [0.717, 1.165) is 0 Å². The first-order chi connectivity index (χ1) is 11.8. The first-order valence-electron chi connectivity index (χ1n) is 8.20. The molecule has 8 nitrogen and oxygen atoms in total. The van der Waals surface area contributed by atoms with Crippen LogP contribution in [0.1, 0.15) is 20.3 Å². The van der Waals surface area contributed by atoms with Crippen molar-refractivity contribution in [2.45, 2.75) is 50.3 Å². The Hall–Kier alpha value is -1.42. The van der Waals surface area contributed by atoms with E-state index < -0.39 is 42.4 Å². The molecule has 0 bridgehead atoms. The molecule has 1 rings (SSSR count). The topological polar surface area (TPSA) is 140 Å².